The van der Waals surface area contributed by atoms with Crippen LogP contribution < -0.4 is 5.32 Å². The second kappa shape index (κ2) is 10.6. The summed E-state index contributed by atoms with van der Waals surface area (Å²) in [5.41, 5.74) is 1.45. The van der Waals surface area contributed by atoms with Crippen molar-refractivity contribution in [2.45, 2.75) is 25.0 Å². The van der Waals surface area contributed by atoms with Gasteiger partial charge in [-0.3, -0.25) is 19.1 Å². The summed E-state index contributed by atoms with van der Waals surface area (Å²) in [4.78, 5) is 32.1. The van der Waals surface area contributed by atoms with Crippen molar-refractivity contribution in [3.05, 3.63) is 48.3 Å². The SMILES string of the molecule is C=CCn1c(SCC(=O)Nc2nc(CC(=O)OCC)cs2)nnc1-c1ccncc1. The lowest BCUT2D eigenvalue weighted by Crippen LogP contribution is -2.15. The molecule has 0 spiro atoms. The number of thiazole rings is 1. The number of aromatic nitrogens is 5. The molecule has 0 aliphatic rings. The number of hydrogen-bond acceptors (Lipinski definition) is 9. The topological polar surface area (TPSA) is 112 Å². The summed E-state index contributed by atoms with van der Waals surface area (Å²) < 4.78 is 6.79. The van der Waals surface area contributed by atoms with Crippen LogP contribution in [0.25, 0.3) is 11.4 Å². The van der Waals surface area contributed by atoms with Gasteiger partial charge in [0.1, 0.15) is 0 Å². The number of nitrogens with zero attached hydrogens (tertiary/aromatic N) is 5. The first-order chi connectivity index (χ1) is 14.6. The van der Waals surface area contributed by atoms with E-state index >= 15 is 0 Å². The molecule has 1 N–H and O–H groups in total. The Hall–Kier alpha value is -3.05. The van der Waals surface area contributed by atoms with Crippen LogP contribution in [0.4, 0.5) is 5.13 Å². The van der Waals surface area contributed by atoms with Crippen molar-refractivity contribution in [1.82, 2.24) is 24.7 Å². The van der Waals surface area contributed by atoms with Crippen LogP contribution in [0.3, 0.4) is 0 Å². The lowest BCUT2D eigenvalue weighted by molar-refractivity contribution is -0.142. The van der Waals surface area contributed by atoms with Gasteiger partial charge in [-0.2, -0.15) is 0 Å². The van der Waals surface area contributed by atoms with Crippen molar-refractivity contribution < 1.29 is 14.3 Å². The second-order valence-electron chi connectivity index (χ2n) is 5.90. The fraction of sp³-hybridized carbons (Fsp3) is 0.263. The summed E-state index contributed by atoms with van der Waals surface area (Å²) in [6, 6.07) is 3.70. The summed E-state index contributed by atoms with van der Waals surface area (Å²) in [6.45, 7) is 6.36. The van der Waals surface area contributed by atoms with Gasteiger partial charge in [0.15, 0.2) is 16.1 Å². The van der Waals surface area contributed by atoms with E-state index in [-0.39, 0.29) is 24.1 Å². The first kappa shape index (κ1) is 21.7. The van der Waals surface area contributed by atoms with Crippen LogP contribution in [0.1, 0.15) is 12.6 Å². The average molecular weight is 445 g/mol. The monoisotopic (exact) mass is 444 g/mol. The Morgan fingerprint density at radius 2 is 2.13 bits per heavy atom. The molecule has 3 aromatic heterocycles. The molecule has 0 saturated heterocycles. The van der Waals surface area contributed by atoms with Gasteiger partial charge in [-0.15, -0.1) is 28.1 Å². The molecule has 0 aliphatic carbocycles. The summed E-state index contributed by atoms with van der Waals surface area (Å²) in [5.74, 6) is 0.250. The zero-order chi connectivity index (χ0) is 21.3. The molecule has 0 radical (unpaired) electrons. The van der Waals surface area contributed by atoms with Gasteiger partial charge >= 0.3 is 5.97 Å². The van der Waals surface area contributed by atoms with E-state index in [1.54, 1.807) is 30.8 Å². The van der Waals surface area contributed by atoms with E-state index in [2.05, 4.69) is 32.1 Å². The fourth-order valence-corrected chi connectivity index (χ4v) is 3.97. The molecular weight excluding hydrogens is 424 g/mol. The molecule has 1 amide bonds. The van der Waals surface area contributed by atoms with Crippen molar-refractivity contribution in [2.24, 2.45) is 0 Å². The molecule has 9 nitrogen and oxygen atoms in total. The predicted octanol–water partition coefficient (Wildman–Crippen LogP) is 2.82. The van der Waals surface area contributed by atoms with Crippen LogP contribution in [0.2, 0.25) is 0 Å². The molecule has 0 aromatic carbocycles. The third-order valence-corrected chi connectivity index (χ3v) is 5.50. The van der Waals surface area contributed by atoms with E-state index in [1.807, 2.05) is 16.7 Å². The van der Waals surface area contributed by atoms with Gasteiger partial charge in [0.2, 0.25) is 5.91 Å². The number of rotatable bonds is 10. The standard InChI is InChI=1S/C19H20N6O3S2/c1-3-9-25-17(13-5-7-20-8-6-13)23-24-19(25)30-12-15(26)22-18-21-14(11-29-18)10-16(27)28-4-2/h3,5-8,11H,1,4,9-10,12H2,2H3,(H,21,22,26). The number of amides is 1. The Kier molecular flexibility index (Phi) is 7.69. The molecule has 3 heterocycles. The number of carbonyl (C=O) groups excluding carboxylic acids is 2. The minimum absolute atomic E-state index is 0.0808. The van der Waals surface area contributed by atoms with E-state index < -0.39 is 0 Å². The van der Waals surface area contributed by atoms with Gasteiger partial charge < -0.3 is 10.1 Å². The summed E-state index contributed by atoms with van der Waals surface area (Å²) in [7, 11) is 0. The van der Waals surface area contributed by atoms with E-state index in [1.165, 1.54) is 23.1 Å². The van der Waals surface area contributed by atoms with Crippen LogP contribution in [0.5, 0.6) is 0 Å². The number of carbonyl (C=O) groups is 2. The Labute approximate surface area is 181 Å². The maximum atomic E-state index is 12.3. The van der Waals surface area contributed by atoms with Crippen LogP contribution in [0.15, 0.2) is 47.7 Å². The Morgan fingerprint density at radius 1 is 1.33 bits per heavy atom. The number of ether oxygens (including phenoxy) is 1. The first-order valence-electron chi connectivity index (χ1n) is 9.07. The minimum atomic E-state index is -0.345. The first-order valence-corrected chi connectivity index (χ1v) is 10.9. The second-order valence-corrected chi connectivity index (χ2v) is 7.70. The highest BCUT2D eigenvalue weighted by atomic mass is 32.2. The molecule has 0 atom stereocenters. The lowest BCUT2D eigenvalue weighted by atomic mass is 10.2. The molecule has 3 rings (SSSR count). The maximum absolute atomic E-state index is 12.3. The molecule has 0 aliphatic heterocycles. The summed E-state index contributed by atoms with van der Waals surface area (Å²) in [5, 5.41) is 14.0. The molecule has 11 heteroatoms. The highest BCUT2D eigenvalue weighted by Crippen LogP contribution is 2.24. The number of pyridine rings is 1. The zero-order valence-electron chi connectivity index (χ0n) is 16.3. The van der Waals surface area contributed by atoms with Gasteiger partial charge in [-0.25, -0.2) is 4.98 Å². The van der Waals surface area contributed by atoms with Crippen molar-refractivity contribution >= 4 is 40.1 Å². The Morgan fingerprint density at radius 3 is 2.87 bits per heavy atom. The van der Waals surface area contributed by atoms with Crippen molar-refractivity contribution in [3.63, 3.8) is 0 Å². The number of esters is 1. The van der Waals surface area contributed by atoms with E-state index in [4.69, 9.17) is 4.74 Å². The Balaban J connectivity index is 1.60. The van der Waals surface area contributed by atoms with Crippen molar-refractivity contribution in [2.75, 3.05) is 17.7 Å². The Bertz CT molecular complexity index is 1020. The van der Waals surface area contributed by atoms with Gasteiger partial charge in [0.25, 0.3) is 0 Å². The maximum Gasteiger partial charge on any atom is 0.311 e. The molecular formula is C19H20N6O3S2. The van der Waals surface area contributed by atoms with Gasteiger partial charge in [0.05, 0.1) is 24.5 Å². The molecule has 0 fully saturated rings. The molecule has 0 bridgehead atoms. The zero-order valence-corrected chi connectivity index (χ0v) is 17.9. The minimum Gasteiger partial charge on any atom is -0.466 e. The number of hydrogen-bond donors (Lipinski definition) is 1. The number of nitrogens with one attached hydrogen (secondary N) is 1. The summed E-state index contributed by atoms with van der Waals surface area (Å²) >= 11 is 2.53. The summed E-state index contributed by atoms with van der Waals surface area (Å²) in [6.07, 6.45) is 5.20. The highest BCUT2D eigenvalue weighted by Gasteiger charge is 2.16. The van der Waals surface area contributed by atoms with Crippen LogP contribution in [-0.4, -0.2) is 49.0 Å². The highest BCUT2D eigenvalue weighted by molar-refractivity contribution is 7.99. The van der Waals surface area contributed by atoms with Crippen molar-refractivity contribution in [1.29, 1.82) is 0 Å². The van der Waals surface area contributed by atoms with E-state index in [0.717, 1.165) is 5.56 Å². The van der Waals surface area contributed by atoms with E-state index in [9.17, 15) is 9.59 Å². The molecule has 0 saturated carbocycles. The average Bonchev–Trinajstić information content (AvgIpc) is 3.34. The third kappa shape index (κ3) is 5.74. The molecule has 30 heavy (non-hydrogen) atoms. The quantitative estimate of drug-likeness (QED) is 0.289. The van der Waals surface area contributed by atoms with Crippen LogP contribution >= 0.6 is 23.1 Å². The lowest BCUT2D eigenvalue weighted by Gasteiger charge is -2.07. The smallest absolute Gasteiger partial charge is 0.311 e. The molecule has 3 aromatic rings. The largest absolute Gasteiger partial charge is 0.466 e. The normalized spacial score (nSPS) is 10.6. The van der Waals surface area contributed by atoms with Crippen LogP contribution in [-0.2, 0) is 27.3 Å². The number of allylic oxidation sites excluding steroid dienone is 1. The van der Waals surface area contributed by atoms with E-state index in [0.29, 0.717) is 35.0 Å². The molecule has 0 unspecified atom stereocenters. The molecule has 156 valence electrons. The number of anilines is 1. The fourth-order valence-electron chi connectivity index (χ4n) is 2.49. The van der Waals surface area contributed by atoms with Gasteiger partial charge in [-0.05, 0) is 19.1 Å². The van der Waals surface area contributed by atoms with Crippen LogP contribution in [0, 0.1) is 0 Å². The number of thioether (sulfide) groups is 1. The third-order valence-electron chi connectivity index (χ3n) is 3.73. The van der Waals surface area contributed by atoms with Gasteiger partial charge in [0, 0.05) is 29.9 Å². The van der Waals surface area contributed by atoms with Crippen molar-refractivity contribution in [3.8, 4) is 11.4 Å². The predicted molar refractivity (Wildman–Crippen MR) is 115 cm³/mol. The van der Waals surface area contributed by atoms with Gasteiger partial charge in [-0.1, -0.05) is 17.8 Å².